The Balaban J connectivity index is 1.45. The predicted octanol–water partition coefficient (Wildman–Crippen LogP) is 3.13. The Morgan fingerprint density at radius 2 is 2.24 bits per heavy atom. The van der Waals surface area contributed by atoms with Gasteiger partial charge in [0.1, 0.15) is 17.8 Å². The molecule has 9 heteroatoms. The molecule has 2 atom stereocenters. The third-order valence-corrected chi connectivity index (χ3v) is 6.65. The molecule has 29 heavy (non-hydrogen) atoms. The van der Waals surface area contributed by atoms with Crippen molar-refractivity contribution in [2.24, 2.45) is 5.92 Å². The van der Waals surface area contributed by atoms with E-state index in [0.29, 0.717) is 18.2 Å². The Kier molecular flexibility index (Phi) is 5.16. The van der Waals surface area contributed by atoms with E-state index in [1.54, 1.807) is 0 Å². The average molecular weight is 417 g/mol. The predicted molar refractivity (Wildman–Crippen MR) is 110 cm³/mol. The molecule has 154 valence electrons. The van der Waals surface area contributed by atoms with Gasteiger partial charge in [-0.1, -0.05) is 31.1 Å². The van der Waals surface area contributed by atoms with Crippen LogP contribution < -0.4 is 15.4 Å². The largest absolute Gasteiger partial charge is 0.494 e. The molecule has 1 aliphatic heterocycles. The van der Waals surface area contributed by atoms with Gasteiger partial charge in [-0.3, -0.25) is 14.5 Å². The molecule has 1 aliphatic carbocycles. The Morgan fingerprint density at radius 3 is 3.00 bits per heavy atom. The summed E-state index contributed by atoms with van der Waals surface area (Å²) < 4.78 is 6.37. The van der Waals surface area contributed by atoms with Crippen LogP contribution in [0.3, 0.4) is 0 Å². The van der Waals surface area contributed by atoms with Gasteiger partial charge in [0.2, 0.25) is 5.91 Å². The molecule has 2 fully saturated rings. The Labute approximate surface area is 172 Å². The van der Waals surface area contributed by atoms with Gasteiger partial charge in [0.05, 0.1) is 16.8 Å². The highest BCUT2D eigenvalue weighted by atomic mass is 32.1. The third kappa shape index (κ3) is 3.55. The second-order valence-electron chi connectivity index (χ2n) is 7.57. The minimum absolute atomic E-state index is 0.0598. The van der Waals surface area contributed by atoms with Crippen LogP contribution in [0.15, 0.2) is 18.2 Å². The number of nitrogens with one attached hydrogen (secondary N) is 2. The minimum Gasteiger partial charge on any atom is -0.494 e. The smallest absolute Gasteiger partial charge is 0.325 e. The summed E-state index contributed by atoms with van der Waals surface area (Å²) in [5.74, 6) is 0.0610. The topological polar surface area (TPSA) is 101 Å². The number of aromatic nitrogens is 1. The first-order valence-corrected chi connectivity index (χ1v) is 10.7. The standard InChI is InChI=1S/C20H24N4O4S/c1-3-28-13-7-8-14-15(10-13)29-18(21-14)22-16(25)11-24-17(26)20(23-19(24)27)9-5-4-6-12(20)2/h7-8,10,12H,3-6,9,11H2,1-2H3,(H,23,27)(H,21,22,25)/t12-,20+/m0/s1. The van der Waals surface area contributed by atoms with Gasteiger partial charge >= 0.3 is 6.03 Å². The number of imide groups is 1. The Morgan fingerprint density at radius 1 is 1.41 bits per heavy atom. The summed E-state index contributed by atoms with van der Waals surface area (Å²) in [4.78, 5) is 43.3. The van der Waals surface area contributed by atoms with Crippen LogP contribution in [0, 0.1) is 5.92 Å². The summed E-state index contributed by atoms with van der Waals surface area (Å²) in [5, 5.41) is 5.99. The molecular formula is C20H24N4O4S. The number of fused-ring (bicyclic) bond motifs is 1. The van der Waals surface area contributed by atoms with E-state index < -0.39 is 17.5 Å². The summed E-state index contributed by atoms with van der Waals surface area (Å²) >= 11 is 1.32. The van der Waals surface area contributed by atoms with Crippen LogP contribution >= 0.6 is 11.3 Å². The maximum absolute atomic E-state index is 13.0. The van der Waals surface area contributed by atoms with Crippen LogP contribution in [0.1, 0.15) is 39.5 Å². The number of carbonyl (C=O) groups is 3. The number of anilines is 1. The molecule has 2 heterocycles. The molecule has 4 rings (SSSR count). The van der Waals surface area contributed by atoms with Crippen LogP contribution in [0.25, 0.3) is 10.2 Å². The lowest BCUT2D eigenvalue weighted by atomic mass is 9.73. The van der Waals surface area contributed by atoms with Gasteiger partial charge in [-0.25, -0.2) is 9.78 Å². The van der Waals surface area contributed by atoms with Crippen molar-refractivity contribution in [3.63, 3.8) is 0 Å². The number of hydrogen-bond donors (Lipinski definition) is 2. The second kappa shape index (κ2) is 7.62. The summed E-state index contributed by atoms with van der Waals surface area (Å²) in [6.45, 7) is 4.15. The first-order chi connectivity index (χ1) is 13.9. The van der Waals surface area contributed by atoms with Crippen molar-refractivity contribution in [3.8, 4) is 5.75 Å². The lowest BCUT2D eigenvalue weighted by molar-refractivity contribution is -0.136. The van der Waals surface area contributed by atoms with E-state index in [1.165, 1.54) is 11.3 Å². The zero-order valence-corrected chi connectivity index (χ0v) is 17.3. The Bertz CT molecular complexity index is 975. The van der Waals surface area contributed by atoms with E-state index in [-0.39, 0.29) is 18.4 Å². The molecule has 2 aliphatic rings. The van der Waals surface area contributed by atoms with Crippen LogP contribution in [0.4, 0.5) is 9.93 Å². The molecule has 2 N–H and O–H groups in total. The van der Waals surface area contributed by atoms with E-state index in [0.717, 1.165) is 40.1 Å². The SMILES string of the molecule is CCOc1ccc2nc(NC(=O)CN3C(=O)N[C@@]4(CCCC[C@@H]4C)C3=O)sc2c1. The number of nitrogens with zero attached hydrogens (tertiary/aromatic N) is 2. The fourth-order valence-electron chi connectivity index (χ4n) is 4.16. The van der Waals surface area contributed by atoms with E-state index in [2.05, 4.69) is 15.6 Å². The summed E-state index contributed by atoms with van der Waals surface area (Å²) in [5.41, 5.74) is -0.111. The van der Waals surface area contributed by atoms with Crippen LogP contribution in [0.5, 0.6) is 5.75 Å². The van der Waals surface area contributed by atoms with Gasteiger partial charge in [0, 0.05) is 0 Å². The van der Waals surface area contributed by atoms with Gasteiger partial charge < -0.3 is 15.4 Å². The highest BCUT2D eigenvalue weighted by Gasteiger charge is 2.55. The molecular weight excluding hydrogens is 392 g/mol. The zero-order chi connectivity index (χ0) is 20.6. The number of rotatable bonds is 5. The first-order valence-electron chi connectivity index (χ1n) is 9.90. The fraction of sp³-hybridized carbons (Fsp3) is 0.500. The molecule has 0 bridgehead atoms. The number of carbonyl (C=O) groups excluding carboxylic acids is 3. The molecule has 1 saturated heterocycles. The van der Waals surface area contributed by atoms with Gasteiger partial charge in [-0.15, -0.1) is 0 Å². The summed E-state index contributed by atoms with van der Waals surface area (Å²) in [7, 11) is 0. The Hall–Kier alpha value is -2.68. The molecule has 1 spiro atoms. The summed E-state index contributed by atoms with van der Waals surface area (Å²) in [6.07, 6.45) is 3.46. The van der Waals surface area contributed by atoms with Crippen molar-refractivity contribution < 1.29 is 19.1 Å². The van der Waals surface area contributed by atoms with Crippen molar-refractivity contribution in [1.82, 2.24) is 15.2 Å². The van der Waals surface area contributed by atoms with Gasteiger partial charge in [0.25, 0.3) is 5.91 Å². The first kappa shape index (κ1) is 19.6. The van der Waals surface area contributed by atoms with E-state index >= 15 is 0 Å². The number of hydrogen-bond acceptors (Lipinski definition) is 6. The number of thiazole rings is 1. The highest BCUT2D eigenvalue weighted by Crippen LogP contribution is 2.38. The van der Waals surface area contributed by atoms with E-state index in [9.17, 15) is 14.4 Å². The molecule has 1 aromatic carbocycles. The molecule has 8 nitrogen and oxygen atoms in total. The molecule has 1 aromatic heterocycles. The summed E-state index contributed by atoms with van der Waals surface area (Å²) in [6, 6.07) is 5.04. The van der Waals surface area contributed by atoms with Crippen molar-refractivity contribution in [1.29, 1.82) is 0 Å². The number of benzene rings is 1. The van der Waals surface area contributed by atoms with Crippen LogP contribution in [-0.4, -0.2) is 46.4 Å². The van der Waals surface area contributed by atoms with Crippen LogP contribution in [-0.2, 0) is 9.59 Å². The third-order valence-electron chi connectivity index (χ3n) is 5.72. The molecule has 4 amide bonds. The normalized spacial score (nSPS) is 24.2. The fourth-order valence-corrected chi connectivity index (χ4v) is 5.07. The van der Waals surface area contributed by atoms with E-state index in [4.69, 9.17) is 4.74 Å². The molecule has 0 radical (unpaired) electrons. The van der Waals surface area contributed by atoms with E-state index in [1.807, 2.05) is 32.0 Å². The number of urea groups is 1. The maximum Gasteiger partial charge on any atom is 0.325 e. The van der Waals surface area contributed by atoms with Gasteiger partial charge in [-0.2, -0.15) is 0 Å². The second-order valence-corrected chi connectivity index (χ2v) is 8.60. The van der Waals surface area contributed by atoms with Gasteiger partial charge in [0.15, 0.2) is 5.13 Å². The van der Waals surface area contributed by atoms with Crippen LogP contribution in [0.2, 0.25) is 0 Å². The maximum atomic E-state index is 13.0. The average Bonchev–Trinajstić information content (AvgIpc) is 3.18. The lowest BCUT2D eigenvalue weighted by Crippen LogP contribution is -2.54. The van der Waals surface area contributed by atoms with Crippen molar-refractivity contribution in [2.75, 3.05) is 18.5 Å². The number of ether oxygens (including phenoxy) is 1. The molecule has 1 saturated carbocycles. The van der Waals surface area contributed by atoms with Crippen molar-refractivity contribution >= 4 is 44.5 Å². The molecule has 2 aromatic rings. The number of amides is 4. The zero-order valence-electron chi connectivity index (χ0n) is 16.5. The highest BCUT2D eigenvalue weighted by molar-refractivity contribution is 7.22. The quantitative estimate of drug-likeness (QED) is 0.730. The van der Waals surface area contributed by atoms with Crippen molar-refractivity contribution in [3.05, 3.63) is 18.2 Å². The minimum atomic E-state index is -0.860. The monoisotopic (exact) mass is 416 g/mol. The molecule has 0 unspecified atom stereocenters. The van der Waals surface area contributed by atoms with Gasteiger partial charge in [-0.05, 0) is 43.9 Å². The van der Waals surface area contributed by atoms with Crippen molar-refractivity contribution in [2.45, 2.75) is 45.1 Å². The lowest BCUT2D eigenvalue weighted by Gasteiger charge is -2.36.